The molecule has 0 unspecified atom stereocenters. The molecule has 0 radical (unpaired) electrons. The molecule has 128 valence electrons. The molecular formula is C16H12ClN3O4S. The quantitative estimate of drug-likeness (QED) is 0.758. The molecule has 0 bridgehead atoms. The van der Waals surface area contributed by atoms with Crippen molar-refractivity contribution in [3.63, 3.8) is 0 Å². The van der Waals surface area contributed by atoms with Crippen molar-refractivity contribution >= 4 is 44.7 Å². The van der Waals surface area contributed by atoms with Crippen molar-refractivity contribution in [2.75, 3.05) is 18.5 Å². The van der Waals surface area contributed by atoms with E-state index in [1.807, 2.05) is 0 Å². The van der Waals surface area contributed by atoms with Crippen molar-refractivity contribution in [3.05, 3.63) is 45.3 Å². The summed E-state index contributed by atoms with van der Waals surface area (Å²) in [5, 5.41) is 5.30. The second kappa shape index (κ2) is 6.38. The zero-order chi connectivity index (χ0) is 17.4. The van der Waals surface area contributed by atoms with E-state index in [1.54, 1.807) is 23.6 Å². The molecule has 1 aliphatic rings. The van der Waals surface area contributed by atoms with Crippen LogP contribution < -0.4 is 20.3 Å². The lowest BCUT2D eigenvalue weighted by Gasteiger charge is -2.20. The van der Waals surface area contributed by atoms with Crippen LogP contribution in [0.5, 0.6) is 11.5 Å². The van der Waals surface area contributed by atoms with E-state index in [2.05, 4.69) is 10.3 Å². The van der Waals surface area contributed by atoms with Gasteiger partial charge < -0.3 is 14.8 Å². The predicted molar refractivity (Wildman–Crippen MR) is 95.0 cm³/mol. The minimum absolute atomic E-state index is 0.164. The van der Waals surface area contributed by atoms with Crippen LogP contribution in [-0.2, 0) is 11.3 Å². The number of carbonyl (C=O) groups excluding carboxylic acids is 1. The van der Waals surface area contributed by atoms with E-state index in [4.69, 9.17) is 21.1 Å². The third-order valence-corrected chi connectivity index (χ3v) is 4.80. The Morgan fingerprint density at radius 1 is 1.32 bits per heavy atom. The van der Waals surface area contributed by atoms with E-state index in [9.17, 15) is 9.59 Å². The van der Waals surface area contributed by atoms with E-state index in [0.29, 0.717) is 45.6 Å². The number of fused-ring (bicyclic) bond motifs is 2. The van der Waals surface area contributed by atoms with Crippen LogP contribution in [0.4, 0.5) is 5.69 Å². The molecule has 0 spiro atoms. The van der Waals surface area contributed by atoms with E-state index in [1.165, 1.54) is 22.2 Å². The third kappa shape index (κ3) is 3.06. The van der Waals surface area contributed by atoms with Gasteiger partial charge in [-0.15, -0.1) is 11.3 Å². The highest BCUT2D eigenvalue weighted by Gasteiger charge is 2.17. The number of nitrogens with one attached hydrogen (secondary N) is 1. The molecule has 1 aromatic carbocycles. The molecule has 1 amide bonds. The number of benzene rings is 1. The second-order valence-corrected chi connectivity index (χ2v) is 6.64. The van der Waals surface area contributed by atoms with E-state index in [-0.39, 0.29) is 12.1 Å². The number of thiophene rings is 1. The van der Waals surface area contributed by atoms with Gasteiger partial charge in [0.05, 0.1) is 22.4 Å². The van der Waals surface area contributed by atoms with Crippen molar-refractivity contribution < 1.29 is 14.3 Å². The summed E-state index contributed by atoms with van der Waals surface area (Å²) >= 11 is 7.55. The van der Waals surface area contributed by atoms with Crippen LogP contribution in [-0.4, -0.2) is 28.7 Å². The Kier molecular flexibility index (Phi) is 4.06. The monoisotopic (exact) mass is 377 g/mol. The first-order valence-electron chi connectivity index (χ1n) is 7.43. The average Bonchev–Trinajstić information content (AvgIpc) is 3.07. The number of carbonyl (C=O) groups is 1. The molecule has 1 N–H and O–H groups in total. The lowest BCUT2D eigenvalue weighted by atomic mass is 10.2. The molecule has 0 fully saturated rings. The van der Waals surface area contributed by atoms with Gasteiger partial charge >= 0.3 is 0 Å². The highest BCUT2D eigenvalue weighted by Crippen LogP contribution is 2.37. The molecule has 9 heteroatoms. The van der Waals surface area contributed by atoms with Gasteiger partial charge in [-0.25, -0.2) is 4.98 Å². The third-order valence-electron chi connectivity index (χ3n) is 3.67. The zero-order valence-corrected chi connectivity index (χ0v) is 14.4. The predicted octanol–water partition coefficient (Wildman–Crippen LogP) is 2.52. The molecule has 0 aliphatic carbocycles. The first-order chi connectivity index (χ1) is 12.1. The molecule has 7 nitrogen and oxygen atoms in total. The first kappa shape index (κ1) is 15.9. The zero-order valence-electron chi connectivity index (χ0n) is 12.8. The van der Waals surface area contributed by atoms with Crippen LogP contribution in [0.15, 0.2) is 34.7 Å². The topological polar surface area (TPSA) is 82.5 Å². The Morgan fingerprint density at radius 2 is 2.08 bits per heavy atom. The number of ether oxygens (including phenoxy) is 2. The summed E-state index contributed by atoms with van der Waals surface area (Å²) in [6, 6.07) is 4.90. The Hall–Kier alpha value is -2.58. The highest BCUT2D eigenvalue weighted by molar-refractivity contribution is 7.16. The fourth-order valence-corrected chi connectivity index (χ4v) is 3.43. The number of hydrogen-bond acceptors (Lipinski definition) is 6. The fourth-order valence-electron chi connectivity index (χ4n) is 2.51. The largest absolute Gasteiger partial charge is 0.486 e. The van der Waals surface area contributed by atoms with Crippen LogP contribution in [0.1, 0.15) is 0 Å². The lowest BCUT2D eigenvalue weighted by Crippen LogP contribution is -2.27. The molecule has 25 heavy (non-hydrogen) atoms. The summed E-state index contributed by atoms with van der Waals surface area (Å²) in [5.74, 6) is 0.666. The van der Waals surface area contributed by atoms with Gasteiger partial charge in [0.15, 0.2) is 11.5 Å². The highest BCUT2D eigenvalue weighted by atomic mass is 35.5. The van der Waals surface area contributed by atoms with Gasteiger partial charge in [0, 0.05) is 12.1 Å². The molecule has 1 aliphatic heterocycles. The van der Waals surface area contributed by atoms with Crippen molar-refractivity contribution in [2.24, 2.45) is 0 Å². The SMILES string of the molecule is O=C(Cn1cnc2sccc2c1=O)Nc1cc2c(cc1Cl)OCCO2. The average molecular weight is 378 g/mol. The molecule has 2 aromatic heterocycles. The maximum atomic E-state index is 12.3. The van der Waals surface area contributed by atoms with Crippen molar-refractivity contribution in [2.45, 2.75) is 6.54 Å². The number of rotatable bonds is 3. The molecule has 3 aromatic rings. The van der Waals surface area contributed by atoms with Gasteiger partial charge in [-0.3, -0.25) is 14.2 Å². The molecular weight excluding hydrogens is 366 g/mol. The molecule has 0 saturated carbocycles. The van der Waals surface area contributed by atoms with E-state index in [0.717, 1.165) is 0 Å². The smallest absolute Gasteiger partial charge is 0.262 e. The molecule has 0 saturated heterocycles. The Balaban J connectivity index is 1.55. The molecule has 0 atom stereocenters. The van der Waals surface area contributed by atoms with Crippen LogP contribution in [0, 0.1) is 0 Å². The minimum atomic E-state index is -0.392. The van der Waals surface area contributed by atoms with Gasteiger partial charge in [0.2, 0.25) is 5.91 Å². The Bertz CT molecular complexity index is 1030. The van der Waals surface area contributed by atoms with Crippen molar-refractivity contribution in [1.82, 2.24) is 9.55 Å². The summed E-state index contributed by atoms with van der Waals surface area (Å²) in [6.07, 6.45) is 1.37. The van der Waals surface area contributed by atoms with Crippen molar-refractivity contribution in [3.8, 4) is 11.5 Å². The normalized spacial score (nSPS) is 13.0. The maximum absolute atomic E-state index is 12.3. The van der Waals surface area contributed by atoms with Crippen molar-refractivity contribution in [1.29, 1.82) is 0 Å². The van der Waals surface area contributed by atoms with Crippen LogP contribution >= 0.6 is 22.9 Å². The van der Waals surface area contributed by atoms with Gasteiger partial charge in [-0.1, -0.05) is 11.6 Å². The van der Waals surface area contributed by atoms with E-state index < -0.39 is 5.91 Å². The number of amides is 1. The number of nitrogens with zero attached hydrogens (tertiary/aromatic N) is 2. The molecule has 4 rings (SSSR count). The summed E-state index contributed by atoms with van der Waals surface area (Å²) in [5.41, 5.74) is 0.142. The number of hydrogen-bond donors (Lipinski definition) is 1. The maximum Gasteiger partial charge on any atom is 0.262 e. The number of anilines is 1. The number of halogens is 1. The summed E-state index contributed by atoms with van der Waals surface area (Å²) in [6.45, 7) is 0.724. The first-order valence-corrected chi connectivity index (χ1v) is 8.69. The Labute approximate surface area is 150 Å². The Morgan fingerprint density at radius 3 is 2.88 bits per heavy atom. The summed E-state index contributed by atoms with van der Waals surface area (Å²) in [7, 11) is 0. The standard InChI is InChI=1S/C16H12ClN3O4S/c17-10-5-12-13(24-3-2-23-12)6-11(10)19-14(21)7-20-8-18-15-9(16(20)22)1-4-25-15/h1,4-6,8H,2-3,7H2,(H,19,21). The van der Waals surface area contributed by atoms with Crippen LogP contribution in [0.3, 0.4) is 0 Å². The van der Waals surface area contributed by atoms with Gasteiger partial charge in [0.1, 0.15) is 24.6 Å². The summed E-state index contributed by atoms with van der Waals surface area (Å²) < 4.78 is 12.2. The van der Waals surface area contributed by atoms with Crippen LogP contribution in [0.25, 0.3) is 10.2 Å². The summed E-state index contributed by atoms with van der Waals surface area (Å²) in [4.78, 5) is 29.5. The second-order valence-electron chi connectivity index (χ2n) is 5.34. The lowest BCUT2D eigenvalue weighted by molar-refractivity contribution is -0.116. The van der Waals surface area contributed by atoms with E-state index >= 15 is 0 Å². The fraction of sp³-hybridized carbons (Fsp3) is 0.188. The van der Waals surface area contributed by atoms with Crippen LogP contribution in [0.2, 0.25) is 5.02 Å². The van der Waals surface area contributed by atoms with Gasteiger partial charge in [0.25, 0.3) is 5.56 Å². The van der Waals surface area contributed by atoms with Gasteiger partial charge in [-0.05, 0) is 11.4 Å². The minimum Gasteiger partial charge on any atom is -0.486 e. The molecule has 3 heterocycles. The number of aromatic nitrogens is 2. The van der Waals surface area contributed by atoms with Gasteiger partial charge in [-0.2, -0.15) is 0 Å².